The van der Waals surface area contributed by atoms with Crippen molar-refractivity contribution < 1.29 is 20.1 Å². The number of aliphatic hydroxyl groups excluding tert-OH is 3. The maximum absolute atomic E-state index is 12.3. The highest BCUT2D eigenvalue weighted by atomic mass is 16.3. The van der Waals surface area contributed by atoms with Crippen molar-refractivity contribution in [3.63, 3.8) is 0 Å². The number of amides is 1. The Kier molecular flexibility index (Phi) is 30.4. The second kappa shape index (κ2) is 31.5. The van der Waals surface area contributed by atoms with Crippen molar-refractivity contribution in [1.29, 1.82) is 0 Å². The molecule has 1 amide bonds. The predicted octanol–water partition coefficient (Wildman–Crippen LogP) is 8.87. The third-order valence-electron chi connectivity index (χ3n) is 7.66. The van der Waals surface area contributed by atoms with Crippen molar-refractivity contribution in [2.75, 3.05) is 6.61 Å². The monoisotopic (exact) mass is 578 g/mol. The smallest absolute Gasteiger partial charge is 0.222 e. The Morgan fingerprint density at radius 1 is 0.610 bits per heavy atom. The maximum atomic E-state index is 12.3. The minimum Gasteiger partial charge on any atom is -0.394 e. The molecule has 5 nitrogen and oxygen atoms in total. The standard InChI is InChI=1S/C36H67NO4/c1-3-5-7-9-11-13-15-17-18-19-21-23-25-27-29-33(39)31-36(41)37-34(32-38)35(40)30-28-26-24-22-20-16-14-12-10-8-6-4-2/h10,12,20,22,28,30,33-35,38-40H,3-9,11,13-19,21,23-27,29,31-32H2,1-2H3,(H,37,41)/b12-10+,22-20+,30-28+. The maximum Gasteiger partial charge on any atom is 0.222 e. The van der Waals surface area contributed by atoms with E-state index in [-0.39, 0.29) is 18.9 Å². The normalized spacial score (nSPS) is 14.4. The summed E-state index contributed by atoms with van der Waals surface area (Å²) in [6, 6.07) is -0.762. The Bertz CT molecular complexity index is 645. The lowest BCUT2D eigenvalue weighted by Gasteiger charge is -2.21. The molecule has 240 valence electrons. The van der Waals surface area contributed by atoms with Gasteiger partial charge in [-0.1, -0.05) is 153 Å². The molecule has 0 rings (SSSR count). The van der Waals surface area contributed by atoms with E-state index in [2.05, 4.69) is 43.5 Å². The summed E-state index contributed by atoms with van der Waals surface area (Å²) in [7, 11) is 0. The fourth-order valence-electron chi connectivity index (χ4n) is 4.94. The van der Waals surface area contributed by atoms with Gasteiger partial charge in [-0.05, 0) is 38.5 Å². The van der Waals surface area contributed by atoms with E-state index < -0.39 is 18.2 Å². The summed E-state index contributed by atoms with van der Waals surface area (Å²) in [6.07, 6.45) is 36.9. The van der Waals surface area contributed by atoms with Gasteiger partial charge in [0.2, 0.25) is 5.91 Å². The van der Waals surface area contributed by atoms with Gasteiger partial charge in [0.25, 0.3) is 0 Å². The Balaban J connectivity index is 3.81. The number of hydrogen-bond donors (Lipinski definition) is 4. The van der Waals surface area contributed by atoms with Gasteiger partial charge in [0.15, 0.2) is 0 Å². The van der Waals surface area contributed by atoms with Crippen LogP contribution in [0.2, 0.25) is 0 Å². The highest BCUT2D eigenvalue weighted by Crippen LogP contribution is 2.14. The molecule has 0 saturated heterocycles. The highest BCUT2D eigenvalue weighted by Gasteiger charge is 2.20. The zero-order chi connectivity index (χ0) is 30.2. The van der Waals surface area contributed by atoms with Crippen molar-refractivity contribution in [3.8, 4) is 0 Å². The van der Waals surface area contributed by atoms with Gasteiger partial charge < -0.3 is 20.6 Å². The van der Waals surface area contributed by atoms with E-state index >= 15 is 0 Å². The zero-order valence-corrected chi connectivity index (χ0v) is 26.9. The second-order valence-corrected chi connectivity index (χ2v) is 11.8. The predicted molar refractivity (Wildman–Crippen MR) is 176 cm³/mol. The van der Waals surface area contributed by atoms with E-state index in [1.807, 2.05) is 6.08 Å². The van der Waals surface area contributed by atoms with Gasteiger partial charge >= 0.3 is 0 Å². The first kappa shape index (κ1) is 39.6. The Morgan fingerprint density at radius 3 is 1.54 bits per heavy atom. The van der Waals surface area contributed by atoms with Gasteiger partial charge in [-0.15, -0.1) is 0 Å². The lowest BCUT2D eigenvalue weighted by atomic mass is 10.0. The molecule has 0 saturated carbocycles. The number of nitrogens with one attached hydrogen (secondary N) is 1. The molecule has 4 N–H and O–H groups in total. The molecule has 0 aromatic rings. The summed E-state index contributed by atoms with van der Waals surface area (Å²) >= 11 is 0. The van der Waals surface area contributed by atoms with Gasteiger partial charge in [0, 0.05) is 0 Å². The summed E-state index contributed by atoms with van der Waals surface area (Å²) < 4.78 is 0. The summed E-state index contributed by atoms with van der Waals surface area (Å²) in [4.78, 5) is 12.3. The first-order chi connectivity index (χ1) is 20.0. The molecule has 0 fully saturated rings. The molecule has 0 spiro atoms. The second-order valence-electron chi connectivity index (χ2n) is 11.8. The average Bonchev–Trinajstić information content (AvgIpc) is 2.96. The molecule has 0 aromatic carbocycles. The largest absolute Gasteiger partial charge is 0.394 e. The summed E-state index contributed by atoms with van der Waals surface area (Å²) in [6.45, 7) is 4.12. The van der Waals surface area contributed by atoms with Gasteiger partial charge in [-0.3, -0.25) is 4.79 Å². The third kappa shape index (κ3) is 28.5. The number of rotatable bonds is 30. The van der Waals surface area contributed by atoms with Crippen LogP contribution in [0.4, 0.5) is 0 Å². The van der Waals surface area contributed by atoms with Crippen LogP contribution in [0.5, 0.6) is 0 Å². The minimum atomic E-state index is -0.955. The van der Waals surface area contributed by atoms with Crippen molar-refractivity contribution in [2.45, 2.75) is 180 Å². The molecule has 0 heterocycles. The number of unbranched alkanes of at least 4 members (excludes halogenated alkanes) is 17. The Hall–Kier alpha value is -1.43. The zero-order valence-electron chi connectivity index (χ0n) is 26.9. The van der Waals surface area contributed by atoms with E-state index in [9.17, 15) is 20.1 Å². The molecular weight excluding hydrogens is 510 g/mol. The number of allylic oxidation sites excluding steroid dienone is 5. The fraction of sp³-hybridized carbons (Fsp3) is 0.806. The molecule has 0 aliphatic carbocycles. The fourth-order valence-corrected chi connectivity index (χ4v) is 4.94. The number of aliphatic hydroxyl groups is 3. The molecule has 3 unspecified atom stereocenters. The Labute approximate surface area is 254 Å². The summed E-state index contributed by atoms with van der Waals surface area (Å²) in [5.41, 5.74) is 0. The minimum absolute atomic E-state index is 0.00393. The molecule has 0 aromatic heterocycles. The van der Waals surface area contributed by atoms with Crippen molar-refractivity contribution in [3.05, 3.63) is 36.5 Å². The van der Waals surface area contributed by atoms with Crippen molar-refractivity contribution in [2.24, 2.45) is 0 Å². The van der Waals surface area contributed by atoms with Crippen LogP contribution in [0.15, 0.2) is 36.5 Å². The van der Waals surface area contributed by atoms with Crippen LogP contribution in [-0.4, -0.2) is 46.1 Å². The van der Waals surface area contributed by atoms with E-state index in [0.29, 0.717) is 6.42 Å². The molecule has 0 aliphatic heterocycles. The van der Waals surface area contributed by atoms with E-state index in [1.54, 1.807) is 6.08 Å². The highest BCUT2D eigenvalue weighted by molar-refractivity contribution is 5.76. The van der Waals surface area contributed by atoms with Crippen LogP contribution in [0, 0.1) is 0 Å². The Morgan fingerprint density at radius 2 is 1.05 bits per heavy atom. The van der Waals surface area contributed by atoms with Gasteiger partial charge in [0.05, 0.1) is 31.3 Å². The third-order valence-corrected chi connectivity index (χ3v) is 7.66. The van der Waals surface area contributed by atoms with Crippen molar-refractivity contribution in [1.82, 2.24) is 5.32 Å². The topological polar surface area (TPSA) is 89.8 Å². The van der Waals surface area contributed by atoms with E-state index in [1.165, 1.54) is 96.3 Å². The van der Waals surface area contributed by atoms with E-state index in [0.717, 1.165) is 38.5 Å². The first-order valence-electron chi connectivity index (χ1n) is 17.3. The van der Waals surface area contributed by atoms with Crippen LogP contribution in [-0.2, 0) is 4.79 Å². The molecule has 0 radical (unpaired) electrons. The number of carbonyl (C=O) groups is 1. The summed E-state index contributed by atoms with van der Waals surface area (Å²) in [5, 5.41) is 32.9. The van der Waals surface area contributed by atoms with Gasteiger partial charge in [-0.2, -0.15) is 0 Å². The van der Waals surface area contributed by atoms with Crippen LogP contribution in [0.1, 0.15) is 162 Å². The average molecular weight is 578 g/mol. The summed E-state index contributed by atoms with van der Waals surface area (Å²) in [5.74, 6) is -0.332. The molecular formula is C36H67NO4. The number of hydrogen-bond acceptors (Lipinski definition) is 4. The van der Waals surface area contributed by atoms with Crippen LogP contribution in [0.25, 0.3) is 0 Å². The van der Waals surface area contributed by atoms with Crippen molar-refractivity contribution >= 4 is 5.91 Å². The lowest BCUT2D eigenvalue weighted by Crippen LogP contribution is -2.45. The molecule has 3 atom stereocenters. The molecule has 0 bridgehead atoms. The van der Waals surface area contributed by atoms with Crippen LogP contribution in [0.3, 0.4) is 0 Å². The quantitative estimate of drug-likeness (QED) is 0.0507. The molecule has 5 heteroatoms. The molecule has 41 heavy (non-hydrogen) atoms. The van der Waals surface area contributed by atoms with Gasteiger partial charge in [0.1, 0.15) is 0 Å². The molecule has 0 aliphatic rings. The van der Waals surface area contributed by atoms with Crippen LogP contribution < -0.4 is 5.32 Å². The van der Waals surface area contributed by atoms with E-state index in [4.69, 9.17) is 0 Å². The first-order valence-corrected chi connectivity index (χ1v) is 17.3. The lowest BCUT2D eigenvalue weighted by molar-refractivity contribution is -0.124. The number of carbonyl (C=O) groups excluding carboxylic acids is 1. The van der Waals surface area contributed by atoms with Gasteiger partial charge in [-0.25, -0.2) is 0 Å². The van der Waals surface area contributed by atoms with Crippen LogP contribution >= 0.6 is 0 Å². The SMILES string of the molecule is CCCC/C=C/CC/C=C/CC/C=C/C(O)C(CO)NC(=O)CC(O)CCCCCCCCCCCCCCCC.